The van der Waals surface area contributed by atoms with Crippen LogP contribution in [-0.4, -0.2) is 46.8 Å². The van der Waals surface area contributed by atoms with Crippen LogP contribution in [0.2, 0.25) is 0 Å². The molecule has 0 rings (SSSR count). The van der Waals surface area contributed by atoms with E-state index in [4.69, 9.17) is 10.2 Å². The molecule has 82 valence electrons. The van der Waals surface area contributed by atoms with E-state index >= 15 is 0 Å². The second-order valence-electron chi connectivity index (χ2n) is 3.06. The minimum Gasteiger partial charge on any atom is -0.480 e. The van der Waals surface area contributed by atoms with Crippen LogP contribution in [0.1, 0.15) is 19.8 Å². The fourth-order valence-electron chi connectivity index (χ4n) is 1.05. The van der Waals surface area contributed by atoms with E-state index in [-0.39, 0.29) is 6.54 Å². The number of carbonyl (C=O) groups is 2. The van der Waals surface area contributed by atoms with Gasteiger partial charge >= 0.3 is 11.9 Å². The molecular formula is C8H16N2O4. The minimum atomic E-state index is -0.999. The number of rotatable bonds is 7. The molecule has 0 amide bonds. The van der Waals surface area contributed by atoms with Crippen molar-refractivity contribution in [2.75, 3.05) is 13.6 Å². The Labute approximate surface area is 82.5 Å². The van der Waals surface area contributed by atoms with Crippen LogP contribution in [0.3, 0.4) is 0 Å². The third-order valence-corrected chi connectivity index (χ3v) is 1.62. The number of nitrogens with zero attached hydrogens (tertiary/aromatic N) is 1. The van der Waals surface area contributed by atoms with Gasteiger partial charge in [0.2, 0.25) is 0 Å². The van der Waals surface area contributed by atoms with E-state index in [0.29, 0.717) is 6.42 Å². The molecule has 0 radical (unpaired) electrons. The molecule has 0 aliphatic heterocycles. The van der Waals surface area contributed by atoms with Crippen molar-refractivity contribution in [2.45, 2.75) is 25.8 Å². The summed E-state index contributed by atoms with van der Waals surface area (Å²) in [4.78, 5) is 21.0. The van der Waals surface area contributed by atoms with E-state index in [1.807, 2.05) is 6.92 Å². The summed E-state index contributed by atoms with van der Waals surface area (Å²) in [6.45, 7) is 1.64. The van der Waals surface area contributed by atoms with Gasteiger partial charge in [-0.3, -0.25) is 9.59 Å². The predicted octanol–water partition coefficient (Wildman–Crippen LogP) is -0.239. The molecule has 0 aromatic rings. The van der Waals surface area contributed by atoms with Crippen molar-refractivity contribution >= 4 is 11.9 Å². The van der Waals surface area contributed by atoms with Crippen LogP contribution in [0.15, 0.2) is 0 Å². The minimum absolute atomic E-state index is 0.229. The van der Waals surface area contributed by atoms with Crippen LogP contribution in [0.4, 0.5) is 0 Å². The van der Waals surface area contributed by atoms with Crippen molar-refractivity contribution in [3.8, 4) is 0 Å². The maximum atomic E-state index is 10.7. The summed E-state index contributed by atoms with van der Waals surface area (Å²) < 4.78 is 0. The standard InChI is InChI=1S/C8H16N2O4/c1-3-4-6(8(13)14)9-10(2)5-7(11)12/h6,9H,3-5H2,1-2H3,(H,11,12)(H,13,14)/t6-/m0/s1. The Kier molecular flexibility index (Phi) is 5.82. The molecule has 0 saturated heterocycles. The average Bonchev–Trinajstić information content (AvgIpc) is 2.01. The highest BCUT2D eigenvalue weighted by molar-refractivity contribution is 5.73. The van der Waals surface area contributed by atoms with Gasteiger partial charge in [0.25, 0.3) is 0 Å². The molecule has 0 aromatic carbocycles. The molecule has 0 saturated carbocycles. The van der Waals surface area contributed by atoms with E-state index in [2.05, 4.69) is 5.43 Å². The lowest BCUT2D eigenvalue weighted by Crippen LogP contribution is -2.48. The van der Waals surface area contributed by atoms with Crippen molar-refractivity contribution < 1.29 is 19.8 Å². The summed E-state index contributed by atoms with van der Waals surface area (Å²) >= 11 is 0. The molecule has 0 fully saturated rings. The molecule has 0 aliphatic rings. The first kappa shape index (κ1) is 12.9. The van der Waals surface area contributed by atoms with Crippen LogP contribution >= 0.6 is 0 Å². The topological polar surface area (TPSA) is 89.9 Å². The molecule has 14 heavy (non-hydrogen) atoms. The largest absolute Gasteiger partial charge is 0.480 e. The van der Waals surface area contributed by atoms with Crippen LogP contribution in [-0.2, 0) is 9.59 Å². The first-order valence-electron chi connectivity index (χ1n) is 4.39. The molecule has 6 nitrogen and oxygen atoms in total. The number of hydrazine groups is 1. The Morgan fingerprint density at radius 1 is 1.43 bits per heavy atom. The lowest BCUT2D eigenvalue weighted by molar-refractivity contribution is -0.144. The number of hydrogen-bond acceptors (Lipinski definition) is 4. The number of aliphatic carboxylic acids is 2. The monoisotopic (exact) mass is 204 g/mol. The Morgan fingerprint density at radius 2 is 2.00 bits per heavy atom. The molecule has 0 aliphatic carbocycles. The van der Waals surface area contributed by atoms with Crippen molar-refractivity contribution in [3.63, 3.8) is 0 Å². The highest BCUT2D eigenvalue weighted by atomic mass is 16.4. The van der Waals surface area contributed by atoms with Gasteiger partial charge in [-0.2, -0.15) is 0 Å². The Balaban J connectivity index is 4.01. The summed E-state index contributed by atoms with van der Waals surface area (Å²) in [7, 11) is 1.50. The van der Waals surface area contributed by atoms with Crippen molar-refractivity contribution in [2.24, 2.45) is 0 Å². The molecule has 0 spiro atoms. The van der Waals surface area contributed by atoms with E-state index in [1.165, 1.54) is 12.1 Å². The summed E-state index contributed by atoms with van der Waals surface area (Å²) in [6, 6.07) is -0.718. The Bertz CT molecular complexity index is 208. The average molecular weight is 204 g/mol. The fourth-order valence-corrected chi connectivity index (χ4v) is 1.05. The number of nitrogens with one attached hydrogen (secondary N) is 1. The van der Waals surface area contributed by atoms with E-state index in [0.717, 1.165) is 6.42 Å². The number of carboxylic acid groups (broad SMARTS) is 2. The number of carboxylic acids is 2. The van der Waals surface area contributed by atoms with E-state index in [1.54, 1.807) is 0 Å². The summed E-state index contributed by atoms with van der Waals surface area (Å²) in [5.41, 5.74) is 2.60. The van der Waals surface area contributed by atoms with Gasteiger partial charge in [-0.1, -0.05) is 13.3 Å². The predicted molar refractivity (Wildman–Crippen MR) is 49.7 cm³/mol. The van der Waals surface area contributed by atoms with Crippen LogP contribution < -0.4 is 5.43 Å². The molecule has 3 N–H and O–H groups in total. The fraction of sp³-hybridized carbons (Fsp3) is 0.750. The second kappa shape index (κ2) is 6.33. The van der Waals surface area contributed by atoms with Gasteiger partial charge in [-0.05, 0) is 6.42 Å². The zero-order chi connectivity index (χ0) is 11.1. The van der Waals surface area contributed by atoms with Crippen molar-refractivity contribution in [1.82, 2.24) is 10.4 Å². The van der Waals surface area contributed by atoms with E-state index in [9.17, 15) is 9.59 Å². The molecular weight excluding hydrogens is 188 g/mol. The van der Waals surface area contributed by atoms with Crippen LogP contribution in [0.5, 0.6) is 0 Å². The first-order chi connectivity index (χ1) is 6.47. The molecule has 0 aromatic heterocycles. The lowest BCUT2D eigenvalue weighted by Gasteiger charge is -2.21. The third kappa shape index (κ3) is 5.50. The summed E-state index contributed by atoms with van der Waals surface area (Å²) in [5, 5.41) is 18.4. The number of likely N-dealkylation sites (N-methyl/N-ethyl adjacent to an activating group) is 1. The molecule has 6 heteroatoms. The second-order valence-corrected chi connectivity index (χ2v) is 3.06. The number of hydrogen-bond donors (Lipinski definition) is 3. The van der Waals surface area contributed by atoms with Gasteiger partial charge in [0.05, 0.1) is 0 Å². The quantitative estimate of drug-likeness (QED) is 0.496. The highest BCUT2D eigenvalue weighted by Gasteiger charge is 2.18. The lowest BCUT2D eigenvalue weighted by atomic mass is 10.2. The third-order valence-electron chi connectivity index (χ3n) is 1.62. The summed E-state index contributed by atoms with van der Waals surface area (Å²) in [6.07, 6.45) is 1.20. The molecule has 0 bridgehead atoms. The summed E-state index contributed by atoms with van der Waals surface area (Å²) in [5.74, 6) is -1.97. The van der Waals surface area contributed by atoms with Gasteiger partial charge in [-0.25, -0.2) is 10.4 Å². The maximum Gasteiger partial charge on any atom is 0.322 e. The zero-order valence-electron chi connectivity index (χ0n) is 8.36. The normalized spacial score (nSPS) is 12.8. The van der Waals surface area contributed by atoms with Crippen LogP contribution in [0.25, 0.3) is 0 Å². The molecule has 0 unspecified atom stereocenters. The van der Waals surface area contributed by atoms with Gasteiger partial charge < -0.3 is 10.2 Å². The molecule has 0 heterocycles. The highest BCUT2D eigenvalue weighted by Crippen LogP contribution is 1.97. The SMILES string of the molecule is CCC[C@H](NN(C)CC(=O)O)C(=O)O. The van der Waals surface area contributed by atoms with Gasteiger partial charge in [-0.15, -0.1) is 0 Å². The van der Waals surface area contributed by atoms with Crippen LogP contribution in [0, 0.1) is 0 Å². The zero-order valence-corrected chi connectivity index (χ0v) is 8.36. The Morgan fingerprint density at radius 3 is 2.36 bits per heavy atom. The van der Waals surface area contributed by atoms with Gasteiger partial charge in [0, 0.05) is 7.05 Å². The Hall–Kier alpha value is -1.14. The first-order valence-corrected chi connectivity index (χ1v) is 4.39. The van der Waals surface area contributed by atoms with E-state index < -0.39 is 18.0 Å². The van der Waals surface area contributed by atoms with Gasteiger partial charge in [0.15, 0.2) is 0 Å². The maximum absolute atomic E-state index is 10.7. The van der Waals surface area contributed by atoms with Crippen molar-refractivity contribution in [1.29, 1.82) is 0 Å². The smallest absolute Gasteiger partial charge is 0.322 e. The van der Waals surface area contributed by atoms with Crippen molar-refractivity contribution in [3.05, 3.63) is 0 Å². The van der Waals surface area contributed by atoms with Gasteiger partial charge in [0.1, 0.15) is 12.6 Å². The molecule has 1 atom stereocenters.